The zero-order valence-electron chi connectivity index (χ0n) is 18.6. The normalized spacial score (nSPS) is 10.7. The van der Waals surface area contributed by atoms with Gasteiger partial charge in [-0.05, 0) is 69.5 Å². The Kier molecular flexibility index (Phi) is 9.04. The Bertz CT molecular complexity index is 1250. The van der Waals surface area contributed by atoms with Crippen molar-refractivity contribution in [2.75, 3.05) is 19.5 Å². The van der Waals surface area contributed by atoms with Crippen molar-refractivity contribution < 1.29 is 28.2 Å². The van der Waals surface area contributed by atoms with Gasteiger partial charge in [-0.25, -0.2) is 9.82 Å². The molecule has 0 saturated carbocycles. The number of rotatable bonds is 8. The van der Waals surface area contributed by atoms with E-state index in [2.05, 4.69) is 31.8 Å². The van der Waals surface area contributed by atoms with E-state index in [4.69, 9.17) is 25.8 Å². The van der Waals surface area contributed by atoms with E-state index in [9.17, 15) is 14.0 Å². The van der Waals surface area contributed by atoms with Gasteiger partial charge in [0.2, 0.25) is 0 Å². The SMILES string of the molecule is COc1ccc(Cl)cc1NC(=O)C(=O)N/N=C/c1cc(Br)c(OCc2ccc(F)cc2)c(OC)c1. The Morgan fingerprint density at radius 3 is 2.43 bits per heavy atom. The minimum atomic E-state index is -0.992. The number of anilines is 1. The van der Waals surface area contributed by atoms with E-state index < -0.39 is 11.8 Å². The van der Waals surface area contributed by atoms with Crippen molar-refractivity contribution in [3.63, 3.8) is 0 Å². The number of hydrazone groups is 1. The summed E-state index contributed by atoms with van der Waals surface area (Å²) in [7, 11) is 2.90. The van der Waals surface area contributed by atoms with Gasteiger partial charge >= 0.3 is 11.8 Å². The first-order valence-corrected chi connectivity index (χ1v) is 11.2. The fourth-order valence-electron chi connectivity index (χ4n) is 2.86. The number of ether oxygens (including phenoxy) is 3. The molecule has 0 radical (unpaired) electrons. The van der Waals surface area contributed by atoms with Gasteiger partial charge < -0.3 is 19.5 Å². The first-order valence-electron chi connectivity index (χ1n) is 10.0. The quantitative estimate of drug-likeness (QED) is 0.230. The van der Waals surface area contributed by atoms with Crippen LogP contribution in [-0.4, -0.2) is 32.2 Å². The van der Waals surface area contributed by atoms with E-state index in [1.807, 2.05) is 0 Å². The molecule has 35 heavy (non-hydrogen) atoms. The molecule has 2 amide bonds. The van der Waals surface area contributed by atoms with Gasteiger partial charge in [-0.2, -0.15) is 5.10 Å². The largest absolute Gasteiger partial charge is 0.495 e. The van der Waals surface area contributed by atoms with Crippen molar-refractivity contribution >= 4 is 51.2 Å². The summed E-state index contributed by atoms with van der Waals surface area (Å²) in [5.74, 6) is -1.09. The van der Waals surface area contributed by atoms with E-state index in [-0.39, 0.29) is 18.1 Å². The highest BCUT2D eigenvalue weighted by molar-refractivity contribution is 9.10. The smallest absolute Gasteiger partial charge is 0.329 e. The molecule has 0 spiro atoms. The van der Waals surface area contributed by atoms with Crippen LogP contribution in [0.5, 0.6) is 17.2 Å². The maximum absolute atomic E-state index is 13.1. The van der Waals surface area contributed by atoms with Crippen LogP contribution in [0.4, 0.5) is 10.1 Å². The van der Waals surface area contributed by atoms with Gasteiger partial charge in [0.25, 0.3) is 0 Å². The Balaban J connectivity index is 1.63. The summed E-state index contributed by atoms with van der Waals surface area (Å²) >= 11 is 9.35. The predicted octanol–water partition coefficient (Wildman–Crippen LogP) is 4.93. The monoisotopic (exact) mass is 563 g/mol. The lowest BCUT2D eigenvalue weighted by molar-refractivity contribution is -0.136. The molecule has 0 aliphatic rings. The minimum Gasteiger partial charge on any atom is -0.495 e. The van der Waals surface area contributed by atoms with Crippen LogP contribution in [0.3, 0.4) is 0 Å². The number of nitrogens with zero attached hydrogens (tertiary/aromatic N) is 1. The molecule has 3 rings (SSSR count). The number of hydrogen-bond acceptors (Lipinski definition) is 6. The lowest BCUT2D eigenvalue weighted by atomic mass is 10.2. The van der Waals surface area contributed by atoms with Crippen LogP contribution in [-0.2, 0) is 16.2 Å². The van der Waals surface area contributed by atoms with Gasteiger partial charge in [0.05, 0.1) is 30.6 Å². The van der Waals surface area contributed by atoms with E-state index in [1.54, 1.807) is 36.4 Å². The van der Waals surface area contributed by atoms with Crippen molar-refractivity contribution in [1.29, 1.82) is 0 Å². The molecule has 0 atom stereocenters. The van der Waals surface area contributed by atoms with E-state index in [0.717, 1.165) is 5.56 Å². The molecule has 0 heterocycles. The van der Waals surface area contributed by atoms with Crippen molar-refractivity contribution in [3.8, 4) is 17.2 Å². The third kappa shape index (κ3) is 7.17. The topological polar surface area (TPSA) is 98.2 Å². The number of halogens is 3. The first-order chi connectivity index (χ1) is 16.8. The predicted molar refractivity (Wildman–Crippen MR) is 134 cm³/mol. The third-order valence-corrected chi connectivity index (χ3v) is 5.37. The molecule has 11 heteroatoms. The second kappa shape index (κ2) is 12.2. The summed E-state index contributed by atoms with van der Waals surface area (Å²) in [6.07, 6.45) is 1.34. The summed E-state index contributed by atoms with van der Waals surface area (Å²) < 4.78 is 30.0. The lowest BCUT2D eigenvalue weighted by Gasteiger charge is -2.13. The highest BCUT2D eigenvalue weighted by atomic mass is 79.9. The van der Waals surface area contributed by atoms with Crippen molar-refractivity contribution in [2.45, 2.75) is 6.61 Å². The molecule has 0 fully saturated rings. The average molecular weight is 565 g/mol. The first kappa shape index (κ1) is 26.0. The van der Waals surface area contributed by atoms with Crippen molar-refractivity contribution in [2.24, 2.45) is 5.10 Å². The Morgan fingerprint density at radius 1 is 1.03 bits per heavy atom. The molecule has 182 valence electrons. The second-order valence-corrected chi connectivity index (χ2v) is 8.24. The number of benzene rings is 3. The van der Waals surface area contributed by atoms with Crippen LogP contribution < -0.4 is 25.0 Å². The van der Waals surface area contributed by atoms with E-state index >= 15 is 0 Å². The van der Waals surface area contributed by atoms with Gasteiger partial charge in [-0.15, -0.1) is 0 Å². The standard InChI is InChI=1S/C24H20BrClFN3O5/c1-33-20-8-5-16(26)11-19(20)29-23(31)24(32)30-28-12-15-9-18(25)22(21(10-15)34-2)35-13-14-3-6-17(27)7-4-14/h3-12H,13H2,1-2H3,(H,29,31)(H,30,32)/b28-12+. The Morgan fingerprint density at radius 2 is 1.74 bits per heavy atom. The molecule has 8 nitrogen and oxygen atoms in total. The highest BCUT2D eigenvalue weighted by Crippen LogP contribution is 2.37. The lowest BCUT2D eigenvalue weighted by Crippen LogP contribution is -2.32. The maximum atomic E-state index is 13.1. The fraction of sp³-hybridized carbons (Fsp3) is 0.125. The molecular formula is C24H20BrClFN3O5. The Hall–Kier alpha value is -3.63. The highest BCUT2D eigenvalue weighted by Gasteiger charge is 2.16. The van der Waals surface area contributed by atoms with Gasteiger partial charge in [0, 0.05) is 5.02 Å². The van der Waals surface area contributed by atoms with Crippen molar-refractivity contribution in [1.82, 2.24) is 5.43 Å². The van der Waals surface area contributed by atoms with Gasteiger partial charge in [-0.3, -0.25) is 9.59 Å². The van der Waals surface area contributed by atoms with E-state index in [1.165, 1.54) is 38.6 Å². The molecule has 0 aliphatic heterocycles. The molecule has 0 unspecified atom stereocenters. The Labute approximate surface area is 214 Å². The van der Waals surface area contributed by atoms with Crippen LogP contribution in [0.2, 0.25) is 5.02 Å². The van der Waals surface area contributed by atoms with Crippen LogP contribution in [0.15, 0.2) is 64.2 Å². The molecule has 0 saturated heterocycles. The van der Waals surface area contributed by atoms with Crippen LogP contribution in [0.1, 0.15) is 11.1 Å². The molecule has 3 aromatic rings. The molecule has 0 aromatic heterocycles. The molecule has 0 bridgehead atoms. The number of nitrogens with one attached hydrogen (secondary N) is 2. The fourth-order valence-corrected chi connectivity index (χ4v) is 3.61. The number of hydrogen-bond donors (Lipinski definition) is 2. The zero-order chi connectivity index (χ0) is 25.4. The third-order valence-electron chi connectivity index (χ3n) is 4.54. The number of carbonyl (C=O) groups excluding carboxylic acids is 2. The molecule has 2 N–H and O–H groups in total. The van der Waals surface area contributed by atoms with Gasteiger partial charge in [-0.1, -0.05) is 23.7 Å². The minimum absolute atomic E-state index is 0.200. The van der Waals surface area contributed by atoms with Crippen LogP contribution in [0.25, 0.3) is 0 Å². The summed E-state index contributed by atoms with van der Waals surface area (Å²) in [4.78, 5) is 24.3. The summed E-state index contributed by atoms with van der Waals surface area (Å²) in [6, 6.07) is 13.9. The van der Waals surface area contributed by atoms with Crippen LogP contribution in [0, 0.1) is 5.82 Å². The summed E-state index contributed by atoms with van der Waals surface area (Å²) in [5.41, 5.74) is 3.73. The summed E-state index contributed by atoms with van der Waals surface area (Å²) in [6.45, 7) is 0.200. The zero-order valence-corrected chi connectivity index (χ0v) is 20.9. The number of carbonyl (C=O) groups is 2. The van der Waals surface area contributed by atoms with E-state index in [0.29, 0.717) is 32.3 Å². The summed E-state index contributed by atoms with van der Waals surface area (Å²) in [5, 5.41) is 6.60. The maximum Gasteiger partial charge on any atom is 0.329 e. The number of methoxy groups -OCH3 is 2. The molecular weight excluding hydrogens is 545 g/mol. The van der Waals surface area contributed by atoms with Gasteiger partial charge in [0.1, 0.15) is 18.2 Å². The molecule has 3 aromatic carbocycles. The second-order valence-electron chi connectivity index (χ2n) is 6.95. The average Bonchev–Trinajstić information content (AvgIpc) is 2.84. The number of amides is 2. The molecule has 0 aliphatic carbocycles. The van der Waals surface area contributed by atoms with Crippen LogP contribution >= 0.6 is 27.5 Å². The van der Waals surface area contributed by atoms with Gasteiger partial charge in [0.15, 0.2) is 11.5 Å². The van der Waals surface area contributed by atoms with Crippen molar-refractivity contribution in [3.05, 3.63) is 81.0 Å².